The number of aromatic nitrogens is 1. The van der Waals surface area contributed by atoms with Crippen molar-refractivity contribution in [3.63, 3.8) is 0 Å². The van der Waals surface area contributed by atoms with Crippen LogP contribution in [0.5, 0.6) is 11.5 Å². The summed E-state index contributed by atoms with van der Waals surface area (Å²) < 4.78 is 16.6. The van der Waals surface area contributed by atoms with Crippen LogP contribution >= 0.6 is 0 Å². The maximum atomic E-state index is 12.5. The minimum atomic E-state index is -0.245. The highest BCUT2D eigenvalue weighted by Crippen LogP contribution is 2.36. The predicted octanol–water partition coefficient (Wildman–Crippen LogP) is 3.22. The fraction of sp³-hybridized carbons (Fsp3) is 0.238. The second-order valence-corrected chi connectivity index (χ2v) is 6.39. The second-order valence-electron chi connectivity index (χ2n) is 6.39. The lowest BCUT2D eigenvalue weighted by Crippen LogP contribution is -2.37. The summed E-state index contributed by atoms with van der Waals surface area (Å²) in [5, 5.41) is 2.92. The summed E-state index contributed by atoms with van der Waals surface area (Å²) in [6.45, 7) is 0.643. The van der Waals surface area contributed by atoms with E-state index < -0.39 is 0 Å². The predicted molar refractivity (Wildman–Crippen MR) is 99.5 cm³/mol. The van der Waals surface area contributed by atoms with Crippen LogP contribution in [0.2, 0.25) is 0 Å². The van der Waals surface area contributed by atoms with Gasteiger partial charge in [-0.15, -0.1) is 0 Å². The van der Waals surface area contributed by atoms with Gasteiger partial charge in [-0.3, -0.25) is 4.79 Å². The Balaban J connectivity index is 1.37. The lowest BCUT2D eigenvalue weighted by molar-refractivity contribution is -0.126. The van der Waals surface area contributed by atoms with Crippen molar-refractivity contribution in [2.75, 3.05) is 13.7 Å². The largest absolute Gasteiger partial charge is 0.493 e. The van der Waals surface area contributed by atoms with Gasteiger partial charge in [-0.2, -0.15) is 0 Å². The minimum Gasteiger partial charge on any atom is -0.493 e. The number of methoxy groups -OCH3 is 1. The third kappa shape index (κ3) is 3.65. The molecule has 6 heteroatoms. The van der Waals surface area contributed by atoms with Gasteiger partial charge in [0.05, 0.1) is 25.3 Å². The van der Waals surface area contributed by atoms with E-state index in [2.05, 4.69) is 10.3 Å². The molecular formula is C21H20N2O4. The van der Waals surface area contributed by atoms with Gasteiger partial charge in [0.15, 0.2) is 11.5 Å². The average Bonchev–Trinajstić information content (AvgIpc) is 3.21. The van der Waals surface area contributed by atoms with Gasteiger partial charge in [0.1, 0.15) is 12.9 Å². The first-order valence-corrected chi connectivity index (χ1v) is 8.81. The number of fused-ring (bicyclic) bond motifs is 1. The molecule has 6 nitrogen and oxygen atoms in total. The number of carbonyl (C=O) groups is 1. The molecule has 2 heterocycles. The molecule has 2 aromatic carbocycles. The number of rotatable bonds is 5. The molecule has 1 atom stereocenters. The third-order valence-electron chi connectivity index (χ3n) is 4.56. The zero-order chi connectivity index (χ0) is 18.6. The van der Waals surface area contributed by atoms with Gasteiger partial charge in [0.2, 0.25) is 11.8 Å². The highest BCUT2D eigenvalue weighted by Gasteiger charge is 2.27. The number of hydrogen-bond acceptors (Lipinski definition) is 5. The molecule has 3 aromatic rings. The first kappa shape index (κ1) is 17.1. The molecule has 1 aromatic heterocycles. The lowest BCUT2D eigenvalue weighted by atomic mass is 9.95. The maximum absolute atomic E-state index is 12.5. The Bertz CT molecular complexity index is 936. The molecule has 4 rings (SSSR count). The van der Waals surface area contributed by atoms with Gasteiger partial charge < -0.3 is 19.2 Å². The fourth-order valence-electron chi connectivity index (χ4n) is 3.15. The number of nitrogens with zero attached hydrogens (tertiary/aromatic N) is 1. The Labute approximate surface area is 157 Å². The number of benzene rings is 2. The van der Waals surface area contributed by atoms with Crippen molar-refractivity contribution in [2.24, 2.45) is 5.92 Å². The minimum absolute atomic E-state index is 0.0623. The summed E-state index contributed by atoms with van der Waals surface area (Å²) in [7, 11) is 1.61. The van der Waals surface area contributed by atoms with Gasteiger partial charge in [-0.1, -0.05) is 30.3 Å². The van der Waals surface area contributed by atoms with Crippen LogP contribution in [0.1, 0.15) is 11.3 Å². The number of amides is 1. The molecule has 0 saturated carbocycles. The smallest absolute Gasteiger partial charge is 0.227 e. The molecule has 0 fully saturated rings. The van der Waals surface area contributed by atoms with Crippen LogP contribution in [0.15, 0.2) is 59.2 Å². The van der Waals surface area contributed by atoms with E-state index in [0.717, 1.165) is 16.9 Å². The zero-order valence-electron chi connectivity index (χ0n) is 15.0. The third-order valence-corrected chi connectivity index (χ3v) is 4.56. The van der Waals surface area contributed by atoms with Crippen LogP contribution < -0.4 is 14.8 Å². The summed E-state index contributed by atoms with van der Waals surface area (Å²) in [4.78, 5) is 17.0. The molecule has 1 amide bonds. The van der Waals surface area contributed by atoms with Gasteiger partial charge in [0.25, 0.3) is 0 Å². The number of oxazole rings is 1. The highest BCUT2D eigenvalue weighted by molar-refractivity contribution is 5.79. The topological polar surface area (TPSA) is 73.6 Å². The normalized spacial score (nSPS) is 15.5. The number of carbonyl (C=O) groups excluding carboxylic acids is 1. The average molecular weight is 364 g/mol. The highest BCUT2D eigenvalue weighted by atomic mass is 16.5. The lowest BCUT2D eigenvalue weighted by Gasteiger charge is -2.25. The summed E-state index contributed by atoms with van der Waals surface area (Å²) in [6, 6.07) is 15.4. The van der Waals surface area contributed by atoms with E-state index in [4.69, 9.17) is 13.9 Å². The van der Waals surface area contributed by atoms with Crippen LogP contribution in [0, 0.1) is 5.92 Å². The molecule has 0 saturated heterocycles. The Morgan fingerprint density at radius 2 is 2.07 bits per heavy atom. The zero-order valence-corrected chi connectivity index (χ0v) is 15.0. The van der Waals surface area contributed by atoms with Gasteiger partial charge in [-0.05, 0) is 30.2 Å². The first-order valence-electron chi connectivity index (χ1n) is 8.81. The molecule has 0 radical (unpaired) electrons. The Kier molecular flexibility index (Phi) is 4.78. The van der Waals surface area contributed by atoms with Crippen LogP contribution in [0.3, 0.4) is 0 Å². The number of ether oxygens (including phenoxy) is 2. The van der Waals surface area contributed by atoms with E-state index in [0.29, 0.717) is 36.9 Å². The standard InChI is InChI=1S/C21H20N2O4/c1-25-18-9-5-8-15-10-16(12-26-19(15)18)20(24)22-11-17-13-27-21(23-17)14-6-3-2-4-7-14/h2-9,13,16H,10-12H2,1H3,(H,22,24)/t16-/m1/s1. The van der Waals surface area contributed by atoms with Crippen molar-refractivity contribution >= 4 is 5.91 Å². The van der Waals surface area contributed by atoms with Crippen molar-refractivity contribution in [1.82, 2.24) is 10.3 Å². The molecule has 1 aliphatic rings. The number of para-hydroxylation sites is 1. The Hall–Kier alpha value is -3.28. The molecule has 0 aliphatic carbocycles. The van der Waals surface area contributed by atoms with Crippen LogP contribution in [-0.2, 0) is 17.8 Å². The fourth-order valence-corrected chi connectivity index (χ4v) is 3.15. The number of nitrogens with one attached hydrogen (secondary N) is 1. The van der Waals surface area contributed by atoms with E-state index in [-0.39, 0.29) is 11.8 Å². The SMILES string of the molecule is COc1cccc2c1OC[C@H](C(=O)NCc1coc(-c3ccccc3)n1)C2. The molecule has 1 N–H and O–H groups in total. The molecule has 0 unspecified atom stereocenters. The van der Waals surface area contributed by atoms with E-state index in [9.17, 15) is 4.79 Å². The van der Waals surface area contributed by atoms with E-state index in [1.54, 1.807) is 13.4 Å². The van der Waals surface area contributed by atoms with Crippen molar-refractivity contribution in [1.29, 1.82) is 0 Å². The summed E-state index contributed by atoms with van der Waals surface area (Å²) in [5.74, 6) is 1.66. The molecule has 1 aliphatic heterocycles. The Morgan fingerprint density at radius 3 is 2.89 bits per heavy atom. The van der Waals surface area contributed by atoms with Crippen molar-refractivity contribution in [3.8, 4) is 23.0 Å². The van der Waals surface area contributed by atoms with Crippen LogP contribution in [0.4, 0.5) is 0 Å². The van der Waals surface area contributed by atoms with E-state index in [1.807, 2.05) is 48.5 Å². The summed E-state index contributed by atoms with van der Waals surface area (Å²) in [5.41, 5.74) is 2.57. The molecule has 0 spiro atoms. The van der Waals surface area contributed by atoms with Crippen LogP contribution in [0.25, 0.3) is 11.5 Å². The van der Waals surface area contributed by atoms with Crippen molar-refractivity contribution in [3.05, 3.63) is 66.1 Å². The first-order chi connectivity index (χ1) is 13.2. The van der Waals surface area contributed by atoms with Gasteiger partial charge in [-0.25, -0.2) is 4.98 Å². The van der Waals surface area contributed by atoms with Gasteiger partial charge >= 0.3 is 0 Å². The summed E-state index contributed by atoms with van der Waals surface area (Å²) >= 11 is 0. The second kappa shape index (κ2) is 7.53. The van der Waals surface area contributed by atoms with Gasteiger partial charge in [0, 0.05) is 5.56 Å². The molecular weight excluding hydrogens is 344 g/mol. The Morgan fingerprint density at radius 1 is 1.22 bits per heavy atom. The molecule has 138 valence electrons. The maximum Gasteiger partial charge on any atom is 0.227 e. The molecule has 27 heavy (non-hydrogen) atoms. The quantitative estimate of drug-likeness (QED) is 0.752. The summed E-state index contributed by atoms with van der Waals surface area (Å²) in [6.07, 6.45) is 2.19. The van der Waals surface area contributed by atoms with E-state index in [1.165, 1.54) is 0 Å². The van der Waals surface area contributed by atoms with Crippen LogP contribution in [-0.4, -0.2) is 24.6 Å². The van der Waals surface area contributed by atoms with Crippen molar-refractivity contribution in [2.45, 2.75) is 13.0 Å². The number of hydrogen-bond donors (Lipinski definition) is 1. The monoisotopic (exact) mass is 364 g/mol. The molecule has 0 bridgehead atoms. The van der Waals surface area contributed by atoms with Crippen molar-refractivity contribution < 1.29 is 18.7 Å². The van der Waals surface area contributed by atoms with E-state index >= 15 is 0 Å².